The Morgan fingerprint density at radius 2 is 1.85 bits per heavy atom. The molecule has 0 spiro atoms. The third kappa shape index (κ3) is 4.35. The van der Waals surface area contributed by atoms with Gasteiger partial charge in [-0.25, -0.2) is 18.7 Å². The molecule has 0 aliphatic carbocycles. The molecule has 2 aromatic carbocycles. The van der Waals surface area contributed by atoms with E-state index in [1.165, 1.54) is 12.4 Å². The number of anilines is 3. The molecule has 27 heavy (non-hydrogen) atoms. The smallest absolute Gasteiger partial charge is 0.275 e. The van der Waals surface area contributed by atoms with Crippen LogP contribution in [0.15, 0.2) is 48.8 Å². The molecule has 0 bridgehead atoms. The van der Waals surface area contributed by atoms with Crippen molar-refractivity contribution >= 4 is 23.1 Å². The number of carbonyl (C=O) groups is 1. The van der Waals surface area contributed by atoms with E-state index in [2.05, 4.69) is 20.6 Å². The number of rotatable bonds is 5. The van der Waals surface area contributed by atoms with Gasteiger partial charge in [0.2, 0.25) is 0 Å². The predicted molar refractivity (Wildman–Crippen MR) is 97.4 cm³/mol. The Morgan fingerprint density at radius 3 is 2.52 bits per heavy atom. The standard InChI is InChI=1S/C19H16F2N4O2/c1-11-3-6-17(27-2)15(7-11)24-18-10-22-16(9-23-18)19(26)25-14-5-4-12(20)8-13(14)21/h3-10H,1-2H3,(H,23,24)(H,25,26). The van der Waals surface area contributed by atoms with Crippen LogP contribution in [-0.2, 0) is 0 Å². The minimum Gasteiger partial charge on any atom is -0.495 e. The van der Waals surface area contributed by atoms with Crippen molar-refractivity contribution in [3.63, 3.8) is 0 Å². The maximum Gasteiger partial charge on any atom is 0.275 e. The highest BCUT2D eigenvalue weighted by Gasteiger charge is 2.12. The number of nitrogens with zero attached hydrogens (tertiary/aromatic N) is 2. The Morgan fingerprint density at radius 1 is 1.04 bits per heavy atom. The highest BCUT2D eigenvalue weighted by molar-refractivity contribution is 6.02. The maximum absolute atomic E-state index is 13.6. The number of amides is 1. The van der Waals surface area contributed by atoms with Crippen molar-refractivity contribution in [2.45, 2.75) is 6.92 Å². The highest BCUT2D eigenvalue weighted by atomic mass is 19.1. The summed E-state index contributed by atoms with van der Waals surface area (Å²) in [5, 5.41) is 5.39. The molecule has 138 valence electrons. The number of methoxy groups -OCH3 is 1. The molecule has 1 heterocycles. The molecule has 2 N–H and O–H groups in total. The summed E-state index contributed by atoms with van der Waals surface area (Å²) in [4.78, 5) is 20.3. The van der Waals surface area contributed by atoms with Gasteiger partial charge in [-0.1, -0.05) is 6.07 Å². The zero-order valence-corrected chi connectivity index (χ0v) is 14.6. The summed E-state index contributed by atoms with van der Waals surface area (Å²) in [7, 11) is 1.56. The van der Waals surface area contributed by atoms with Crippen molar-refractivity contribution in [2.75, 3.05) is 17.7 Å². The van der Waals surface area contributed by atoms with Crippen molar-refractivity contribution < 1.29 is 18.3 Å². The summed E-state index contributed by atoms with van der Waals surface area (Å²) in [6.07, 6.45) is 2.62. The van der Waals surface area contributed by atoms with E-state index in [0.29, 0.717) is 23.3 Å². The van der Waals surface area contributed by atoms with Gasteiger partial charge in [0.1, 0.15) is 28.9 Å². The Hall–Kier alpha value is -3.55. The number of halogens is 2. The Bertz CT molecular complexity index is 978. The van der Waals surface area contributed by atoms with Crippen molar-refractivity contribution in [1.82, 2.24) is 9.97 Å². The third-order valence-electron chi connectivity index (χ3n) is 3.68. The third-order valence-corrected chi connectivity index (χ3v) is 3.68. The fourth-order valence-electron chi connectivity index (χ4n) is 2.34. The topological polar surface area (TPSA) is 76.1 Å². The molecule has 3 aromatic rings. The Labute approximate surface area is 154 Å². The van der Waals surface area contributed by atoms with Crippen LogP contribution < -0.4 is 15.4 Å². The number of hydrogen-bond donors (Lipinski definition) is 2. The van der Waals surface area contributed by atoms with Crippen LogP contribution >= 0.6 is 0 Å². The van der Waals surface area contributed by atoms with Gasteiger partial charge in [-0.2, -0.15) is 0 Å². The summed E-state index contributed by atoms with van der Waals surface area (Å²) < 4.78 is 31.8. The van der Waals surface area contributed by atoms with Crippen molar-refractivity contribution in [1.29, 1.82) is 0 Å². The van der Waals surface area contributed by atoms with E-state index < -0.39 is 17.5 Å². The average Bonchev–Trinajstić information content (AvgIpc) is 2.65. The molecule has 6 nitrogen and oxygen atoms in total. The minimum atomic E-state index is -0.874. The lowest BCUT2D eigenvalue weighted by molar-refractivity contribution is 0.102. The van der Waals surface area contributed by atoms with Crippen LogP contribution in [-0.4, -0.2) is 23.0 Å². The van der Waals surface area contributed by atoms with E-state index in [0.717, 1.165) is 17.7 Å². The van der Waals surface area contributed by atoms with Gasteiger partial charge in [-0.05, 0) is 36.8 Å². The molecule has 0 saturated heterocycles. The molecule has 0 radical (unpaired) electrons. The first kappa shape index (κ1) is 18.2. The molecule has 3 rings (SSSR count). The van der Waals surface area contributed by atoms with E-state index >= 15 is 0 Å². The number of ether oxygens (including phenoxy) is 1. The van der Waals surface area contributed by atoms with Gasteiger partial charge in [-0.3, -0.25) is 4.79 Å². The second kappa shape index (κ2) is 7.77. The number of benzene rings is 2. The van der Waals surface area contributed by atoms with Crippen LogP contribution in [0.25, 0.3) is 0 Å². The van der Waals surface area contributed by atoms with Crippen molar-refractivity contribution in [2.24, 2.45) is 0 Å². The molecule has 0 unspecified atom stereocenters. The number of aryl methyl sites for hydroxylation is 1. The van der Waals surface area contributed by atoms with E-state index in [1.54, 1.807) is 7.11 Å². The largest absolute Gasteiger partial charge is 0.495 e. The monoisotopic (exact) mass is 370 g/mol. The van der Waals surface area contributed by atoms with Crippen LogP contribution in [0.2, 0.25) is 0 Å². The zero-order valence-electron chi connectivity index (χ0n) is 14.6. The quantitative estimate of drug-likeness (QED) is 0.708. The van der Waals surface area contributed by atoms with E-state index in [-0.39, 0.29) is 11.4 Å². The number of hydrogen-bond acceptors (Lipinski definition) is 5. The number of carbonyl (C=O) groups excluding carboxylic acids is 1. The maximum atomic E-state index is 13.6. The molecule has 1 amide bonds. The first-order chi connectivity index (χ1) is 13.0. The van der Waals surface area contributed by atoms with Gasteiger partial charge in [0.05, 0.1) is 30.9 Å². The fourth-order valence-corrected chi connectivity index (χ4v) is 2.34. The van der Waals surface area contributed by atoms with Gasteiger partial charge >= 0.3 is 0 Å². The first-order valence-corrected chi connectivity index (χ1v) is 7.96. The van der Waals surface area contributed by atoms with Crippen molar-refractivity contribution in [3.8, 4) is 5.75 Å². The van der Waals surface area contributed by atoms with Gasteiger partial charge < -0.3 is 15.4 Å². The molecule has 0 aliphatic heterocycles. The van der Waals surface area contributed by atoms with Crippen LogP contribution in [0.1, 0.15) is 16.1 Å². The highest BCUT2D eigenvalue weighted by Crippen LogP contribution is 2.27. The molecule has 0 atom stereocenters. The van der Waals surface area contributed by atoms with Gasteiger partial charge in [-0.15, -0.1) is 0 Å². The van der Waals surface area contributed by atoms with Crippen LogP contribution in [0.5, 0.6) is 5.75 Å². The molecule has 0 fully saturated rings. The lowest BCUT2D eigenvalue weighted by Gasteiger charge is -2.11. The van der Waals surface area contributed by atoms with Crippen molar-refractivity contribution in [3.05, 3.63) is 71.7 Å². The molecular weight excluding hydrogens is 354 g/mol. The Balaban J connectivity index is 1.73. The van der Waals surface area contributed by atoms with E-state index in [1.807, 2.05) is 25.1 Å². The van der Waals surface area contributed by atoms with E-state index in [4.69, 9.17) is 4.74 Å². The van der Waals surface area contributed by atoms with Gasteiger partial charge in [0, 0.05) is 6.07 Å². The fraction of sp³-hybridized carbons (Fsp3) is 0.105. The lowest BCUT2D eigenvalue weighted by Crippen LogP contribution is -2.15. The zero-order chi connectivity index (χ0) is 19.4. The summed E-state index contributed by atoms with van der Waals surface area (Å²) in [6, 6.07) is 8.49. The lowest BCUT2D eigenvalue weighted by atomic mass is 10.2. The summed E-state index contributed by atoms with van der Waals surface area (Å²) >= 11 is 0. The molecule has 0 aliphatic rings. The van der Waals surface area contributed by atoms with Gasteiger partial charge in [0.25, 0.3) is 5.91 Å². The minimum absolute atomic E-state index is 0.0134. The van der Waals surface area contributed by atoms with E-state index in [9.17, 15) is 13.6 Å². The molecule has 1 aromatic heterocycles. The SMILES string of the molecule is COc1ccc(C)cc1Nc1cnc(C(=O)Nc2ccc(F)cc2F)cn1. The Kier molecular flexibility index (Phi) is 5.25. The normalized spacial score (nSPS) is 10.4. The molecule has 0 saturated carbocycles. The first-order valence-electron chi connectivity index (χ1n) is 7.96. The number of aromatic nitrogens is 2. The summed E-state index contributed by atoms with van der Waals surface area (Å²) in [5.74, 6) is -1.22. The summed E-state index contributed by atoms with van der Waals surface area (Å²) in [5.41, 5.74) is 1.58. The molecule has 8 heteroatoms. The number of nitrogens with one attached hydrogen (secondary N) is 2. The van der Waals surface area contributed by atoms with Crippen LogP contribution in [0.3, 0.4) is 0 Å². The van der Waals surface area contributed by atoms with Crippen LogP contribution in [0, 0.1) is 18.6 Å². The second-order valence-electron chi connectivity index (χ2n) is 5.69. The predicted octanol–water partition coefficient (Wildman–Crippen LogP) is 4.07. The van der Waals surface area contributed by atoms with Crippen LogP contribution in [0.4, 0.5) is 26.0 Å². The van der Waals surface area contributed by atoms with Gasteiger partial charge in [0.15, 0.2) is 0 Å². The summed E-state index contributed by atoms with van der Waals surface area (Å²) in [6.45, 7) is 1.94. The second-order valence-corrected chi connectivity index (χ2v) is 5.69. The average molecular weight is 370 g/mol. The molecular formula is C19H16F2N4O2.